The van der Waals surface area contributed by atoms with Gasteiger partial charge in [-0.2, -0.15) is 9.61 Å². The quantitative estimate of drug-likeness (QED) is 0.312. The van der Waals surface area contributed by atoms with Crippen LogP contribution in [0.2, 0.25) is 5.02 Å². The number of nitrogens with zero attached hydrogens (tertiary/aromatic N) is 3. The highest BCUT2D eigenvalue weighted by Crippen LogP contribution is 2.33. The summed E-state index contributed by atoms with van der Waals surface area (Å²) in [5, 5.41) is 11.5. The van der Waals surface area contributed by atoms with Crippen LogP contribution in [-0.2, 0) is 11.3 Å². The molecule has 6 nitrogen and oxygen atoms in total. The number of carbonyl (C=O) groups is 1. The van der Waals surface area contributed by atoms with Crippen LogP contribution in [0.3, 0.4) is 0 Å². The van der Waals surface area contributed by atoms with E-state index in [4.69, 9.17) is 16.6 Å². The minimum Gasteiger partial charge on any atom is -0.366 e. The van der Waals surface area contributed by atoms with Gasteiger partial charge >= 0.3 is 0 Å². The molecule has 4 aromatic rings. The average molecular weight is 511 g/mol. The predicted molar refractivity (Wildman–Crippen MR) is 131 cm³/mol. The number of benzene rings is 2. The Balaban J connectivity index is 1.34. The van der Waals surface area contributed by atoms with E-state index in [-0.39, 0.29) is 5.91 Å². The maximum Gasteiger partial charge on any atom is 0.224 e. The first-order valence-corrected chi connectivity index (χ1v) is 11.7. The van der Waals surface area contributed by atoms with E-state index in [1.54, 1.807) is 10.7 Å². The highest BCUT2D eigenvalue weighted by Gasteiger charge is 2.24. The van der Waals surface area contributed by atoms with Crippen molar-refractivity contribution in [3.05, 3.63) is 75.9 Å². The summed E-state index contributed by atoms with van der Waals surface area (Å²) in [6.07, 6.45) is 4.69. The molecule has 1 amide bonds. The van der Waals surface area contributed by atoms with Gasteiger partial charge in [-0.05, 0) is 58.5 Å². The Morgan fingerprint density at radius 1 is 1.16 bits per heavy atom. The Labute approximate surface area is 199 Å². The number of aromatic nitrogens is 3. The van der Waals surface area contributed by atoms with Crippen molar-refractivity contribution < 1.29 is 4.79 Å². The zero-order valence-electron chi connectivity index (χ0n) is 17.2. The number of carbonyl (C=O) groups excluding carboxylic acids is 1. The molecule has 2 aromatic carbocycles. The Morgan fingerprint density at radius 3 is 2.69 bits per heavy atom. The lowest BCUT2D eigenvalue weighted by Crippen LogP contribution is -2.12. The van der Waals surface area contributed by atoms with Crippen LogP contribution >= 0.6 is 27.5 Å². The molecule has 1 fully saturated rings. The minimum atomic E-state index is 0.0916. The molecule has 5 rings (SSSR count). The number of rotatable bonds is 7. The van der Waals surface area contributed by atoms with Crippen molar-refractivity contribution in [2.75, 3.05) is 10.6 Å². The third kappa shape index (κ3) is 4.64. The zero-order chi connectivity index (χ0) is 22.1. The van der Waals surface area contributed by atoms with Crippen LogP contribution in [0.5, 0.6) is 0 Å². The fourth-order valence-corrected chi connectivity index (χ4v) is 4.14. The second kappa shape index (κ2) is 8.92. The van der Waals surface area contributed by atoms with Crippen LogP contribution in [0.1, 0.15) is 24.8 Å². The number of anilines is 2. The number of amides is 1. The number of hydrogen-bond acceptors (Lipinski definition) is 4. The third-order valence-corrected chi connectivity index (χ3v) is 6.35. The Kier molecular flexibility index (Phi) is 5.85. The van der Waals surface area contributed by atoms with Gasteiger partial charge in [-0.1, -0.05) is 41.9 Å². The van der Waals surface area contributed by atoms with E-state index in [0.717, 1.165) is 32.8 Å². The van der Waals surface area contributed by atoms with Crippen molar-refractivity contribution in [3.63, 3.8) is 0 Å². The Hall–Kier alpha value is -2.90. The number of nitrogens with one attached hydrogen (secondary N) is 2. The topological polar surface area (TPSA) is 71.3 Å². The molecule has 0 spiro atoms. The molecule has 0 saturated heterocycles. The van der Waals surface area contributed by atoms with Gasteiger partial charge in [-0.3, -0.25) is 4.79 Å². The van der Waals surface area contributed by atoms with Gasteiger partial charge < -0.3 is 10.6 Å². The summed E-state index contributed by atoms with van der Waals surface area (Å²) in [5.74, 6) is 1.47. The van der Waals surface area contributed by atoms with Crippen LogP contribution < -0.4 is 10.6 Å². The monoisotopic (exact) mass is 509 g/mol. The molecule has 32 heavy (non-hydrogen) atoms. The van der Waals surface area contributed by atoms with E-state index in [1.165, 1.54) is 12.8 Å². The van der Waals surface area contributed by atoms with Gasteiger partial charge in [0.1, 0.15) is 5.82 Å². The zero-order valence-corrected chi connectivity index (χ0v) is 19.5. The predicted octanol–water partition coefficient (Wildman–Crippen LogP) is 6.16. The third-order valence-electron chi connectivity index (χ3n) is 5.46. The largest absolute Gasteiger partial charge is 0.366 e. The number of halogens is 2. The van der Waals surface area contributed by atoms with Crippen molar-refractivity contribution in [2.24, 2.45) is 5.92 Å². The normalized spacial score (nSPS) is 13.3. The van der Waals surface area contributed by atoms with Crippen LogP contribution in [0.25, 0.3) is 16.9 Å². The molecule has 0 aliphatic heterocycles. The molecule has 0 unspecified atom stereocenters. The van der Waals surface area contributed by atoms with Crippen LogP contribution in [0.15, 0.2) is 65.3 Å². The fraction of sp³-hybridized carbons (Fsp3) is 0.208. The van der Waals surface area contributed by atoms with E-state index in [1.807, 2.05) is 54.6 Å². The van der Waals surface area contributed by atoms with Crippen LogP contribution in [0, 0.1) is 5.92 Å². The lowest BCUT2D eigenvalue weighted by Gasteiger charge is -2.12. The number of hydrogen-bond donors (Lipinski definition) is 2. The summed E-state index contributed by atoms with van der Waals surface area (Å²) >= 11 is 9.93. The Morgan fingerprint density at radius 2 is 1.94 bits per heavy atom. The van der Waals surface area contributed by atoms with Crippen molar-refractivity contribution in [1.29, 1.82) is 0 Å². The molecule has 1 aliphatic rings. The van der Waals surface area contributed by atoms with Gasteiger partial charge in [0.2, 0.25) is 5.91 Å². The second-order valence-corrected chi connectivity index (χ2v) is 9.24. The Bertz CT molecular complexity index is 1280. The smallest absolute Gasteiger partial charge is 0.224 e. The molecule has 2 heterocycles. The molecule has 2 aromatic heterocycles. The first-order chi connectivity index (χ1) is 15.6. The van der Waals surface area contributed by atoms with Crippen LogP contribution in [0.4, 0.5) is 11.5 Å². The summed E-state index contributed by atoms with van der Waals surface area (Å²) in [5.41, 5.74) is 4.24. The summed E-state index contributed by atoms with van der Waals surface area (Å²) in [7, 11) is 0. The molecule has 0 bridgehead atoms. The minimum absolute atomic E-state index is 0.0916. The molecule has 0 radical (unpaired) electrons. The lowest BCUT2D eigenvalue weighted by atomic mass is 10.1. The second-order valence-electron chi connectivity index (χ2n) is 7.98. The summed E-state index contributed by atoms with van der Waals surface area (Å²) in [4.78, 5) is 16.7. The lowest BCUT2D eigenvalue weighted by molar-refractivity contribution is -0.116. The molecule has 2 N–H and O–H groups in total. The van der Waals surface area contributed by atoms with E-state index in [2.05, 4.69) is 31.7 Å². The molecule has 162 valence electrons. The number of fused-ring (bicyclic) bond motifs is 1. The molecule has 1 aliphatic carbocycles. The van der Waals surface area contributed by atoms with E-state index < -0.39 is 0 Å². The van der Waals surface area contributed by atoms with E-state index in [0.29, 0.717) is 29.6 Å². The SMILES string of the molecule is O=C(CC1CC1)Nc1ccc(CNc2cc(-c3ccccc3Cl)nc3c(Br)cnn23)cc1. The van der Waals surface area contributed by atoms with Gasteiger partial charge in [0.15, 0.2) is 5.65 Å². The molecule has 8 heteroatoms. The molecular weight excluding hydrogens is 490 g/mol. The maximum absolute atomic E-state index is 12.0. The summed E-state index contributed by atoms with van der Waals surface area (Å²) in [6.45, 7) is 0.592. The van der Waals surface area contributed by atoms with Crippen LogP contribution in [-0.4, -0.2) is 20.5 Å². The summed E-state index contributed by atoms with van der Waals surface area (Å²) in [6, 6.07) is 17.5. The van der Waals surface area contributed by atoms with Crippen molar-refractivity contribution in [1.82, 2.24) is 14.6 Å². The average Bonchev–Trinajstić information content (AvgIpc) is 3.53. The van der Waals surface area contributed by atoms with Gasteiger partial charge in [0.05, 0.1) is 16.4 Å². The van der Waals surface area contributed by atoms with Gasteiger partial charge in [0.25, 0.3) is 0 Å². The standard InChI is InChI=1S/C24H21BrClN5O/c25-19-14-28-31-22(12-21(30-24(19)31)18-3-1-2-4-20(18)26)27-13-16-7-9-17(10-8-16)29-23(32)11-15-5-6-15/h1-4,7-10,12,14-15,27H,5-6,11,13H2,(H,29,32). The van der Waals surface area contributed by atoms with Crippen molar-refractivity contribution in [2.45, 2.75) is 25.8 Å². The van der Waals surface area contributed by atoms with Crippen molar-refractivity contribution in [3.8, 4) is 11.3 Å². The molecular formula is C24H21BrClN5O. The molecule has 0 atom stereocenters. The van der Waals surface area contributed by atoms with Gasteiger partial charge in [-0.15, -0.1) is 0 Å². The van der Waals surface area contributed by atoms with Crippen molar-refractivity contribution >= 4 is 50.6 Å². The summed E-state index contributed by atoms with van der Waals surface area (Å²) < 4.78 is 2.57. The van der Waals surface area contributed by atoms with Gasteiger partial charge in [-0.25, -0.2) is 4.98 Å². The highest BCUT2D eigenvalue weighted by molar-refractivity contribution is 9.10. The molecule has 1 saturated carbocycles. The fourth-order valence-electron chi connectivity index (χ4n) is 3.56. The first-order valence-electron chi connectivity index (χ1n) is 10.5. The van der Waals surface area contributed by atoms with E-state index in [9.17, 15) is 4.79 Å². The van der Waals surface area contributed by atoms with E-state index >= 15 is 0 Å². The van der Waals surface area contributed by atoms with Gasteiger partial charge in [0, 0.05) is 35.3 Å². The first kappa shape index (κ1) is 21.0. The maximum atomic E-state index is 12.0. The highest BCUT2D eigenvalue weighted by atomic mass is 79.9.